The minimum absolute atomic E-state index is 0.0216. The van der Waals surface area contributed by atoms with Gasteiger partial charge >= 0.3 is 0 Å². The van der Waals surface area contributed by atoms with Crippen molar-refractivity contribution < 1.29 is 14.6 Å². The summed E-state index contributed by atoms with van der Waals surface area (Å²) in [5.74, 6) is -0.215. The van der Waals surface area contributed by atoms with Gasteiger partial charge in [-0.05, 0) is 24.3 Å². The standard InChI is InChI=1S/C17H15BrN4O5/c18-13-3-6-15(22(26)27)16(11-13)19-7-9-20(10-8-19)17(23)12-1-4-14(5-2-12)21(24)25/h1-6,11H,7-10H2. The van der Waals surface area contributed by atoms with E-state index in [1.807, 2.05) is 4.90 Å². The van der Waals surface area contributed by atoms with Crippen LogP contribution in [0.25, 0.3) is 0 Å². The van der Waals surface area contributed by atoms with Crippen LogP contribution in [0.5, 0.6) is 0 Å². The molecule has 3 rings (SSSR count). The van der Waals surface area contributed by atoms with Gasteiger partial charge in [0.2, 0.25) is 0 Å². The molecule has 0 saturated carbocycles. The van der Waals surface area contributed by atoms with Crippen molar-refractivity contribution in [1.29, 1.82) is 0 Å². The van der Waals surface area contributed by atoms with Gasteiger partial charge in [-0.25, -0.2) is 0 Å². The topological polar surface area (TPSA) is 110 Å². The molecule has 0 unspecified atom stereocenters. The Balaban J connectivity index is 1.70. The second-order valence-electron chi connectivity index (χ2n) is 5.97. The second-order valence-corrected chi connectivity index (χ2v) is 6.89. The SMILES string of the molecule is O=C(c1ccc([N+](=O)[O-])cc1)N1CCN(c2cc(Br)ccc2[N+](=O)[O-])CC1. The monoisotopic (exact) mass is 434 g/mol. The van der Waals surface area contributed by atoms with E-state index < -0.39 is 9.85 Å². The number of rotatable bonds is 4. The van der Waals surface area contributed by atoms with Gasteiger partial charge in [0.05, 0.1) is 9.85 Å². The molecule has 10 heteroatoms. The number of carbonyl (C=O) groups excluding carboxylic acids is 1. The maximum Gasteiger partial charge on any atom is 0.292 e. The molecule has 1 amide bonds. The lowest BCUT2D eigenvalue weighted by atomic mass is 10.1. The molecule has 2 aromatic carbocycles. The number of nitro groups is 2. The highest BCUT2D eigenvalue weighted by Gasteiger charge is 2.26. The molecular weight excluding hydrogens is 420 g/mol. The summed E-state index contributed by atoms with van der Waals surface area (Å²) in [5.41, 5.74) is 0.839. The van der Waals surface area contributed by atoms with Crippen molar-refractivity contribution >= 4 is 38.9 Å². The van der Waals surface area contributed by atoms with Crippen LogP contribution >= 0.6 is 15.9 Å². The van der Waals surface area contributed by atoms with Crippen molar-refractivity contribution in [3.8, 4) is 0 Å². The minimum Gasteiger partial charge on any atom is -0.362 e. The fraction of sp³-hybridized carbons (Fsp3) is 0.235. The molecule has 0 bridgehead atoms. The average Bonchev–Trinajstić information content (AvgIpc) is 2.67. The summed E-state index contributed by atoms with van der Waals surface area (Å²) in [5, 5.41) is 22.0. The number of benzene rings is 2. The molecule has 0 aliphatic carbocycles. The van der Waals surface area contributed by atoms with Crippen molar-refractivity contribution in [3.63, 3.8) is 0 Å². The number of halogens is 1. The van der Waals surface area contributed by atoms with E-state index in [1.54, 1.807) is 17.0 Å². The Labute approximate surface area is 162 Å². The first-order valence-electron chi connectivity index (χ1n) is 8.09. The number of hydrogen-bond acceptors (Lipinski definition) is 6. The second kappa shape index (κ2) is 7.70. The van der Waals surface area contributed by atoms with Gasteiger partial charge in [0.1, 0.15) is 5.69 Å². The van der Waals surface area contributed by atoms with E-state index in [-0.39, 0.29) is 17.3 Å². The van der Waals surface area contributed by atoms with Gasteiger partial charge in [-0.15, -0.1) is 0 Å². The van der Waals surface area contributed by atoms with Gasteiger partial charge in [-0.2, -0.15) is 0 Å². The van der Waals surface area contributed by atoms with E-state index in [4.69, 9.17) is 0 Å². The number of amides is 1. The first kappa shape index (κ1) is 18.8. The number of hydrogen-bond donors (Lipinski definition) is 0. The van der Waals surface area contributed by atoms with Crippen LogP contribution in [0.2, 0.25) is 0 Å². The number of carbonyl (C=O) groups is 1. The molecule has 0 aromatic heterocycles. The summed E-state index contributed by atoms with van der Waals surface area (Å²) >= 11 is 3.33. The Morgan fingerprint density at radius 2 is 1.56 bits per heavy atom. The lowest BCUT2D eigenvalue weighted by Gasteiger charge is -2.35. The van der Waals surface area contributed by atoms with Crippen molar-refractivity contribution in [3.05, 3.63) is 72.7 Å². The van der Waals surface area contributed by atoms with Gasteiger partial charge in [-0.1, -0.05) is 15.9 Å². The third kappa shape index (κ3) is 4.05. The summed E-state index contributed by atoms with van der Waals surface area (Å²) in [6.45, 7) is 1.71. The van der Waals surface area contributed by atoms with Crippen LogP contribution in [0.3, 0.4) is 0 Å². The van der Waals surface area contributed by atoms with Gasteiger partial charge < -0.3 is 9.80 Å². The molecule has 0 radical (unpaired) electrons. The van der Waals surface area contributed by atoms with Crippen LogP contribution in [-0.2, 0) is 0 Å². The maximum absolute atomic E-state index is 12.6. The van der Waals surface area contributed by atoms with Gasteiger partial charge in [0.15, 0.2) is 0 Å². The molecule has 0 spiro atoms. The molecule has 0 atom stereocenters. The Bertz CT molecular complexity index is 895. The van der Waals surface area contributed by atoms with Crippen LogP contribution in [0.1, 0.15) is 10.4 Å². The molecule has 0 N–H and O–H groups in total. The predicted octanol–water partition coefficient (Wildman–Crippen LogP) is 3.23. The van der Waals surface area contributed by atoms with Crippen molar-refractivity contribution in [2.24, 2.45) is 0 Å². The lowest BCUT2D eigenvalue weighted by molar-refractivity contribution is -0.384. The molecule has 1 saturated heterocycles. The van der Waals surface area contributed by atoms with Gasteiger partial charge in [-0.3, -0.25) is 25.0 Å². The van der Waals surface area contributed by atoms with E-state index in [1.165, 1.54) is 30.3 Å². The van der Waals surface area contributed by atoms with Crippen LogP contribution in [0.15, 0.2) is 46.9 Å². The van der Waals surface area contributed by atoms with Crippen LogP contribution in [0.4, 0.5) is 17.1 Å². The third-order valence-electron chi connectivity index (χ3n) is 4.37. The zero-order chi connectivity index (χ0) is 19.6. The first-order chi connectivity index (χ1) is 12.9. The van der Waals surface area contributed by atoms with Gasteiger partial charge in [0.25, 0.3) is 17.3 Å². The number of nitro benzene ring substituents is 2. The van der Waals surface area contributed by atoms with E-state index in [2.05, 4.69) is 15.9 Å². The van der Waals surface area contributed by atoms with E-state index in [0.717, 1.165) is 4.47 Å². The Kier molecular flexibility index (Phi) is 5.36. The van der Waals surface area contributed by atoms with Crippen molar-refractivity contribution in [1.82, 2.24) is 4.90 Å². The van der Waals surface area contributed by atoms with Crippen LogP contribution < -0.4 is 4.90 Å². The number of nitrogens with zero attached hydrogens (tertiary/aromatic N) is 4. The molecule has 2 aromatic rings. The Morgan fingerprint density at radius 1 is 0.926 bits per heavy atom. The molecule has 1 fully saturated rings. The molecule has 1 aliphatic rings. The quantitative estimate of drug-likeness (QED) is 0.539. The third-order valence-corrected chi connectivity index (χ3v) is 4.86. The summed E-state index contributed by atoms with van der Waals surface area (Å²) in [7, 11) is 0. The molecule has 27 heavy (non-hydrogen) atoms. The zero-order valence-corrected chi connectivity index (χ0v) is 15.7. The summed E-state index contributed by atoms with van der Waals surface area (Å²) in [6.07, 6.45) is 0. The van der Waals surface area contributed by atoms with Crippen LogP contribution in [0, 0.1) is 20.2 Å². The van der Waals surface area contributed by atoms with Crippen molar-refractivity contribution in [2.75, 3.05) is 31.1 Å². The summed E-state index contributed by atoms with van der Waals surface area (Å²) < 4.78 is 0.743. The smallest absolute Gasteiger partial charge is 0.292 e. The zero-order valence-electron chi connectivity index (χ0n) is 14.1. The van der Waals surface area contributed by atoms with Gasteiger partial charge in [0, 0.05) is 54.4 Å². The molecule has 9 nitrogen and oxygen atoms in total. The fourth-order valence-electron chi connectivity index (χ4n) is 2.96. The van der Waals surface area contributed by atoms with E-state index >= 15 is 0 Å². The fourth-order valence-corrected chi connectivity index (χ4v) is 3.31. The highest BCUT2D eigenvalue weighted by molar-refractivity contribution is 9.10. The van der Waals surface area contributed by atoms with Crippen LogP contribution in [-0.4, -0.2) is 46.8 Å². The summed E-state index contributed by atoms with van der Waals surface area (Å²) in [6, 6.07) is 10.2. The number of anilines is 1. The maximum atomic E-state index is 12.6. The molecule has 1 heterocycles. The minimum atomic E-state index is -0.516. The number of piperazine rings is 1. The first-order valence-corrected chi connectivity index (χ1v) is 8.89. The Morgan fingerprint density at radius 3 is 2.11 bits per heavy atom. The van der Waals surface area contributed by atoms with Crippen molar-refractivity contribution in [2.45, 2.75) is 0 Å². The highest BCUT2D eigenvalue weighted by atomic mass is 79.9. The Hall–Kier alpha value is -3.01. The predicted molar refractivity (Wildman–Crippen MR) is 102 cm³/mol. The largest absolute Gasteiger partial charge is 0.362 e. The molecule has 140 valence electrons. The average molecular weight is 435 g/mol. The summed E-state index contributed by atoms with van der Waals surface area (Å²) in [4.78, 5) is 37.1. The lowest BCUT2D eigenvalue weighted by Crippen LogP contribution is -2.49. The molecule has 1 aliphatic heterocycles. The number of non-ortho nitro benzene ring substituents is 1. The molecular formula is C17H15BrN4O5. The normalized spacial score (nSPS) is 14.1. The van der Waals surface area contributed by atoms with E-state index in [9.17, 15) is 25.0 Å². The van der Waals surface area contributed by atoms with E-state index in [0.29, 0.717) is 37.4 Å². The highest BCUT2D eigenvalue weighted by Crippen LogP contribution is 2.32.